The summed E-state index contributed by atoms with van der Waals surface area (Å²) in [5, 5.41) is 9.20. The van der Waals surface area contributed by atoms with E-state index in [9.17, 15) is 5.11 Å². The van der Waals surface area contributed by atoms with Crippen LogP contribution in [0.5, 0.6) is 0 Å². The zero-order chi connectivity index (χ0) is 21.0. The van der Waals surface area contributed by atoms with Gasteiger partial charge in [0.25, 0.3) is 0 Å². The Hall–Kier alpha value is -2.99. The summed E-state index contributed by atoms with van der Waals surface area (Å²) in [6.45, 7) is 4.67. The minimum atomic E-state index is 0.151. The van der Waals surface area contributed by atoms with E-state index in [1.165, 1.54) is 16.7 Å². The SMILES string of the molecule is OCCc1ccc2c(c1)ncn2-c1cccc(-c2ccccc2CN2CCOCC2)c1. The lowest BCUT2D eigenvalue weighted by Gasteiger charge is -2.27. The first-order valence-electron chi connectivity index (χ1n) is 10.9. The second-order valence-electron chi connectivity index (χ2n) is 8.01. The van der Waals surface area contributed by atoms with Crippen LogP contribution in [-0.4, -0.2) is 52.5 Å². The Morgan fingerprint density at radius 1 is 0.935 bits per heavy atom. The van der Waals surface area contributed by atoms with Crippen LogP contribution in [-0.2, 0) is 17.7 Å². The van der Waals surface area contributed by atoms with Crippen molar-refractivity contribution in [1.29, 1.82) is 0 Å². The van der Waals surface area contributed by atoms with E-state index in [0.717, 1.165) is 55.1 Å². The molecule has 1 aliphatic rings. The van der Waals surface area contributed by atoms with Gasteiger partial charge >= 0.3 is 0 Å². The van der Waals surface area contributed by atoms with Crippen LogP contribution in [0.15, 0.2) is 73.1 Å². The van der Waals surface area contributed by atoms with E-state index in [-0.39, 0.29) is 6.61 Å². The van der Waals surface area contributed by atoms with Crippen LogP contribution < -0.4 is 0 Å². The molecular weight excluding hydrogens is 386 g/mol. The standard InChI is InChI=1S/C26H27N3O2/c30-13-10-20-8-9-26-25(16-20)27-19-29(26)23-6-3-5-21(17-23)24-7-2-1-4-22(24)18-28-11-14-31-15-12-28/h1-9,16-17,19,30H,10-15,18H2. The van der Waals surface area contributed by atoms with Gasteiger partial charge in [0.05, 0.1) is 24.2 Å². The third-order valence-electron chi connectivity index (χ3n) is 5.96. The van der Waals surface area contributed by atoms with E-state index < -0.39 is 0 Å². The lowest BCUT2D eigenvalue weighted by atomic mass is 9.98. The van der Waals surface area contributed by atoms with E-state index in [2.05, 4.69) is 81.2 Å². The van der Waals surface area contributed by atoms with Gasteiger partial charge in [0, 0.05) is 31.9 Å². The van der Waals surface area contributed by atoms with Crippen molar-refractivity contribution in [2.24, 2.45) is 0 Å². The smallest absolute Gasteiger partial charge is 0.100 e. The number of aromatic nitrogens is 2. The molecule has 1 aromatic heterocycles. The van der Waals surface area contributed by atoms with Crippen molar-refractivity contribution in [1.82, 2.24) is 14.5 Å². The first-order chi connectivity index (χ1) is 15.3. The Labute approximate surface area is 182 Å². The molecule has 1 fully saturated rings. The van der Waals surface area contributed by atoms with Crippen LogP contribution in [0.25, 0.3) is 27.8 Å². The highest BCUT2D eigenvalue weighted by molar-refractivity contribution is 5.79. The Morgan fingerprint density at radius 3 is 2.68 bits per heavy atom. The highest BCUT2D eigenvalue weighted by Crippen LogP contribution is 2.28. The second kappa shape index (κ2) is 9.02. The fraction of sp³-hybridized carbons (Fsp3) is 0.269. The van der Waals surface area contributed by atoms with Gasteiger partial charge in [0.15, 0.2) is 0 Å². The molecule has 5 rings (SSSR count). The molecule has 5 heteroatoms. The number of imidazole rings is 1. The molecule has 5 nitrogen and oxygen atoms in total. The van der Waals surface area contributed by atoms with Crippen LogP contribution in [0.4, 0.5) is 0 Å². The monoisotopic (exact) mass is 413 g/mol. The van der Waals surface area contributed by atoms with Gasteiger partial charge in [-0.2, -0.15) is 0 Å². The summed E-state index contributed by atoms with van der Waals surface area (Å²) < 4.78 is 7.63. The largest absolute Gasteiger partial charge is 0.396 e. The number of hydrogen-bond acceptors (Lipinski definition) is 4. The Kier molecular flexibility index (Phi) is 5.80. The number of hydrogen-bond donors (Lipinski definition) is 1. The van der Waals surface area contributed by atoms with Crippen molar-refractivity contribution in [3.8, 4) is 16.8 Å². The average Bonchev–Trinajstić information content (AvgIpc) is 3.24. The zero-order valence-corrected chi connectivity index (χ0v) is 17.6. The molecular formula is C26H27N3O2. The summed E-state index contributed by atoms with van der Waals surface area (Å²) in [5.74, 6) is 0. The number of nitrogens with zero attached hydrogens (tertiary/aromatic N) is 3. The predicted octanol–water partition coefficient (Wildman–Crippen LogP) is 4.06. The minimum Gasteiger partial charge on any atom is -0.396 e. The number of benzene rings is 3. The van der Waals surface area contributed by atoms with Gasteiger partial charge < -0.3 is 9.84 Å². The quantitative estimate of drug-likeness (QED) is 0.518. The summed E-state index contributed by atoms with van der Waals surface area (Å²) in [6, 6.07) is 23.5. The van der Waals surface area contributed by atoms with Gasteiger partial charge in [-0.25, -0.2) is 4.98 Å². The lowest BCUT2D eigenvalue weighted by molar-refractivity contribution is 0.0342. The van der Waals surface area contributed by atoms with Gasteiger partial charge in [0.2, 0.25) is 0 Å². The van der Waals surface area contributed by atoms with E-state index in [0.29, 0.717) is 6.42 Å². The van der Waals surface area contributed by atoms with Gasteiger partial charge in [-0.05, 0) is 52.9 Å². The highest BCUT2D eigenvalue weighted by Gasteiger charge is 2.14. The Bertz CT molecular complexity index is 1180. The molecule has 0 aliphatic carbocycles. The molecule has 0 bridgehead atoms. The third-order valence-corrected chi connectivity index (χ3v) is 5.96. The van der Waals surface area contributed by atoms with Gasteiger partial charge in [-0.15, -0.1) is 0 Å². The summed E-state index contributed by atoms with van der Waals surface area (Å²) in [5.41, 5.74) is 8.03. The van der Waals surface area contributed by atoms with Gasteiger partial charge in [-0.3, -0.25) is 9.47 Å². The van der Waals surface area contributed by atoms with Crippen LogP contribution in [0, 0.1) is 0 Å². The molecule has 0 unspecified atom stereocenters. The van der Waals surface area contributed by atoms with Crippen molar-refractivity contribution in [2.75, 3.05) is 32.9 Å². The summed E-state index contributed by atoms with van der Waals surface area (Å²) in [6.07, 6.45) is 2.53. The second-order valence-corrected chi connectivity index (χ2v) is 8.01. The lowest BCUT2D eigenvalue weighted by Crippen LogP contribution is -2.35. The average molecular weight is 414 g/mol. The number of ether oxygens (including phenoxy) is 1. The molecule has 0 radical (unpaired) electrons. The molecule has 158 valence electrons. The van der Waals surface area contributed by atoms with Crippen molar-refractivity contribution in [3.63, 3.8) is 0 Å². The number of rotatable bonds is 6. The molecule has 2 heterocycles. The molecule has 0 spiro atoms. The summed E-state index contributed by atoms with van der Waals surface area (Å²) >= 11 is 0. The zero-order valence-electron chi connectivity index (χ0n) is 17.6. The van der Waals surface area contributed by atoms with Crippen molar-refractivity contribution < 1.29 is 9.84 Å². The Morgan fingerprint density at radius 2 is 1.81 bits per heavy atom. The Balaban J connectivity index is 1.48. The molecule has 0 amide bonds. The van der Waals surface area contributed by atoms with Crippen LogP contribution in [0.3, 0.4) is 0 Å². The number of fused-ring (bicyclic) bond motifs is 1. The summed E-state index contributed by atoms with van der Waals surface area (Å²) in [7, 11) is 0. The molecule has 4 aromatic rings. The molecule has 31 heavy (non-hydrogen) atoms. The van der Waals surface area contributed by atoms with E-state index in [4.69, 9.17) is 4.74 Å². The minimum absolute atomic E-state index is 0.151. The maximum Gasteiger partial charge on any atom is 0.100 e. The maximum absolute atomic E-state index is 9.20. The van der Waals surface area contributed by atoms with Crippen molar-refractivity contribution >= 4 is 11.0 Å². The first-order valence-corrected chi connectivity index (χ1v) is 10.9. The normalized spacial score (nSPS) is 14.9. The molecule has 1 N–H and O–H groups in total. The molecule has 1 saturated heterocycles. The van der Waals surface area contributed by atoms with Crippen LogP contribution in [0.1, 0.15) is 11.1 Å². The fourth-order valence-electron chi connectivity index (χ4n) is 4.31. The van der Waals surface area contributed by atoms with Crippen molar-refractivity contribution in [2.45, 2.75) is 13.0 Å². The van der Waals surface area contributed by atoms with E-state index in [1.807, 2.05) is 6.33 Å². The van der Waals surface area contributed by atoms with E-state index in [1.54, 1.807) is 0 Å². The van der Waals surface area contributed by atoms with Crippen LogP contribution in [0.2, 0.25) is 0 Å². The summed E-state index contributed by atoms with van der Waals surface area (Å²) in [4.78, 5) is 7.06. The van der Waals surface area contributed by atoms with Gasteiger partial charge in [-0.1, -0.05) is 42.5 Å². The molecule has 1 aliphatic heterocycles. The first kappa shape index (κ1) is 19.9. The number of morpholine rings is 1. The maximum atomic E-state index is 9.20. The van der Waals surface area contributed by atoms with E-state index >= 15 is 0 Å². The van der Waals surface area contributed by atoms with Gasteiger partial charge in [0.1, 0.15) is 6.33 Å². The number of aliphatic hydroxyl groups is 1. The highest BCUT2D eigenvalue weighted by atomic mass is 16.5. The molecule has 0 atom stereocenters. The topological polar surface area (TPSA) is 50.5 Å². The predicted molar refractivity (Wildman–Crippen MR) is 123 cm³/mol. The fourth-order valence-corrected chi connectivity index (χ4v) is 4.31. The molecule has 3 aromatic carbocycles. The van der Waals surface area contributed by atoms with Crippen molar-refractivity contribution in [3.05, 3.63) is 84.2 Å². The van der Waals surface area contributed by atoms with Crippen LogP contribution >= 0.6 is 0 Å². The molecule has 0 saturated carbocycles. The third kappa shape index (κ3) is 4.26. The number of aliphatic hydroxyl groups excluding tert-OH is 1.